The molecule has 3 rings (SSSR count). The van der Waals surface area contributed by atoms with Crippen molar-refractivity contribution in [1.82, 2.24) is 5.32 Å². The second-order valence-corrected chi connectivity index (χ2v) is 6.54. The normalized spacial score (nSPS) is 17.2. The molecule has 1 aromatic carbocycles. The summed E-state index contributed by atoms with van der Waals surface area (Å²) in [5.41, 5.74) is 2.91. The highest BCUT2D eigenvalue weighted by molar-refractivity contribution is 5.95. The molecule has 6 heteroatoms. The van der Waals surface area contributed by atoms with Gasteiger partial charge in [-0.3, -0.25) is 9.59 Å². The number of fused-ring (bicyclic) bond motifs is 1. The van der Waals surface area contributed by atoms with Crippen LogP contribution in [0.25, 0.3) is 0 Å². The van der Waals surface area contributed by atoms with E-state index in [1.165, 1.54) is 11.8 Å². The number of carbonyl (C=O) groups excluding carboxylic acids is 1. The molecule has 1 amide bonds. The fourth-order valence-corrected chi connectivity index (χ4v) is 3.31. The number of furan rings is 1. The SMILES string of the molecule is CC(CC(=O)O)NC(=O)c1ccoc1CN1c2ccccc2CC1C. The van der Waals surface area contributed by atoms with Gasteiger partial charge in [0, 0.05) is 17.8 Å². The zero-order valence-electron chi connectivity index (χ0n) is 14.4. The van der Waals surface area contributed by atoms with Crippen molar-refractivity contribution in [3.63, 3.8) is 0 Å². The van der Waals surface area contributed by atoms with Gasteiger partial charge in [0.1, 0.15) is 5.76 Å². The van der Waals surface area contributed by atoms with Gasteiger partial charge in [-0.05, 0) is 38.0 Å². The molecule has 0 aliphatic carbocycles. The minimum Gasteiger partial charge on any atom is -0.481 e. The number of rotatable bonds is 6. The van der Waals surface area contributed by atoms with Gasteiger partial charge in [0.15, 0.2) is 0 Å². The van der Waals surface area contributed by atoms with Crippen LogP contribution in [-0.2, 0) is 17.8 Å². The average Bonchev–Trinajstić information content (AvgIpc) is 3.12. The Hall–Kier alpha value is -2.76. The van der Waals surface area contributed by atoms with Gasteiger partial charge in [0.2, 0.25) is 0 Å². The predicted octanol–water partition coefficient (Wildman–Crippen LogP) is 2.82. The number of hydrogen-bond acceptors (Lipinski definition) is 4. The summed E-state index contributed by atoms with van der Waals surface area (Å²) in [5, 5.41) is 11.5. The number of anilines is 1. The number of carboxylic acid groups (broad SMARTS) is 1. The predicted molar refractivity (Wildman–Crippen MR) is 93.7 cm³/mol. The van der Waals surface area contributed by atoms with Crippen molar-refractivity contribution >= 4 is 17.6 Å². The van der Waals surface area contributed by atoms with Crippen LogP contribution in [0.2, 0.25) is 0 Å². The van der Waals surface area contributed by atoms with Crippen LogP contribution in [0.5, 0.6) is 0 Å². The van der Waals surface area contributed by atoms with E-state index in [2.05, 4.69) is 29.3 Å². The molecule has 2 atom stereocenters. The quantitative estimate of drug-likeness (QED) is 0.843. The van der Waals surface area contributed by atoms with Crippen molar-refractivity contribution < 1.29 is 19.1 Å². The number of carbonyl (C=O) groups is 2. The summed E-state index contributed by atoms with van der Waals surface area (Å²) < 4.78 is 5.55. The van der Waals surface area contributed by atoms with E-state index < -0.39 is 12.0 Å². The number of para-hydroxylation sites is 1. The monoisotopic (exact) mass is 342 g/mol. The molecule has 0 fully saturated rings. The maximum atomic E-state index is 12.4. The molecule has 0 radical (unpaired) electrons. The molecular weight excluding hydrogens is 320 g/mol. The van der Waals surface area contributed by atoms with E-state index in [0.29, 0.717) is 23.9 Å². The summed E-state index contributed by atoms with van der Waals surface area (Å²) in [5.74, 6) is -0.663. The molecule has 0 spiro atoms. The summed E-state index contributed by atoms with van der Waals surface area (Å²) in [6, 6.07) is 9.75. The number of nitrogens with zero attached hydrogens (tertiary/aromatic N) is 1. The van der Waals surface area contributed by atoms with Crippen molar-refractivity contribution in [1.29, 1.82) is 0 Å². The molecule has 2 aromatic rings. The number of aliphatic carboxylic acids is 1. The lowest BCUT2D eigenvalue weighted by Gasteiger charge is -2.24. The smallest absolute Gasteiger partial charge is 0.305 e. The van der Waals surface area contributed by atoms with Gasteiger partial charge in [-0.25, -0.2) is 0 Å². The molecule has 1 aliphatic rings. The fourth-order valence-electron chi connectivity index (χ4n) is 3.31. The van der Waals surface area contributed by atoms with Crippen molar-refractivity contribution in [3.05, 3.63) is 53.5 Å². The third kappa shape index (κ3) is 3.68. The first-order chi connectivity index (χ1) is 12.0. The molecule has 0 saturated heterocycles. The first-order valence-corrected chi connectivity index (χ1v) is 8.39. The van der Waals surface area contributed by atoms with E-state index in [9.17, 15) is 9.59 Å². The Labute approximate surface area is 146 Å². The Morgan fingerprint density at radius 1 is 1.36 bits per heavy atom. The maximum Gasteiger partial charge on any atom is 0.305 e. The van der Waals surface area contributed by atoms with Crippen LogP contribution in [0, 0.1) is 0 Å². The molecule has 0 bridgehead atoms. The third-order valence-corrected chi connectivity index (χ3v) is 4.51. The Kier molecular flexibility index (Phi) is 4.79. The maximum absolute atomic E-state index is 12.4. The van der Waals surface area contributed by atoms with E-state index in [1.807, 2.05) is 12.1 Å². The fraction of sp³-hybridized carbons (Fsp3) is 0.368. The molecule has 1 aromatic heterocycles. The average molecular weight is 342 g/mol. The molecule has 2 N–H and O–H groups in total. The van der Waals surface area contributed by atoms with Gasteiger partial charge in [-0.15, -0.1) is 0 Å². The Morgan fingerprint density at radius 3 is 2.88 bits per heavy atom. The Morgan fingerprint density at radius 2 is 2.12 bits per heavy atom. The molecule has 6 nitrogen and oxygen atoms in total. The van der Waals surface area contributed by atoms with E-state index in [-0.39, 0.29) is 12.3 Å². The number of carboxylic acids is 1. The number of benzene rings is 1. The first kappa shape index (κ1) is 17.1. The van der Waals surface area contributed by atoms with Crippen molar-refractivity contribution in [3.8, 4) is 0 Å². The van der Waals surface area contributed by atoms with Crippen molar-refractivity contribution in [2.45, 2.75) is 45.3 Å². The number of hydrogen-bond donors (Lipinski definition) is 2. The van der Waals surface area contributed by atoms with Crippen LogP contribution in [0.1, 0.15) is 41.9 Å². The Bertz CT molecular complexity index is 783. The van der Waals surface area contributed by atoms with Gasteiger partial charge in [0.05, 0.1) is 24.8 Å². The van der Waals surface area contributed by atoms with E-state index >= 15 is 0 Å². The molecule has 2 heterocycles. The van der Waals surface area contributed by atoms with Crippen LogP contribution in [-0.4, -0.2) is 29.1 Å². The standard InChI is InChI=1S/C19H22N2O4/c1-12(9-18(22)23)20-19(24)15-7-8-25-17(15)11-21-13(2)10-14-5-3-4-6-16(14)21/h3-8,12-13H,9-11H2,1-2H3,(H,20,24)(H,22,23). The molecule has 0 saturated carbocycles. The summed E-state index contributed by atoms with van der Waals surface area (Å²) in [7, 11) is 0. The van der Waals surface area contributed by atoms with Crippen LogP contribution >= 0.6 is 0 Å². The minimum atomic E-state index is -0.942. The van der Waals surface area contributed by atoms with Crippen LogP contribution in [0.15, 0.2) is 41.0 Å². The summed E-state index contributed by atoms with van der Waals surface area (Å²) in [6.45, 7) is 4.32. The zero-order chi connectivity index (χ0) is 18.0. The highest BCUT2D eigenvalue weighted by atomic mass is 16.4. The lowest BCUT2D eigenvalue weighted by Crippen LogP contribution is -2.35. The van der Waals surface area contributed by atoms with Crippen LogP contribution in [0.4, 0.5) is 5.69 Å². The molecule has 132 valence electrons. The van der Waals surface area contributed by atoms with Gasteiger partial charge in [-0.1, -0.05) is 18.2 Å². The van der Waals surface area contributed by atoms with Crippen LogP contribution in [0.3, 0.4) is 0 Å². The van der Waals surface area contributed by atoms with Crippen LogP contribution < -0.4 is 10.2 Å². The summed E-state index contributed by atoms with van der Waals surface area (Å²) in [6.07, 6.45) is 2.35. The second-order valence-electron chi connectivity index (χ2n) is 6.54. The van der Waals surface area contributed by atoms with E-state index in [0.717, 1.165) is 12.1 Å². The summed E-state index contributed by atoms with van der Waals surface area (Å²) in [4.78, 5) is 25.4. The molecule has 1 aliphatic heterocycles. The van der Waals surface area contributed by atoms with Crippen molar-refractivity contribution in [2.24, 2.45) is 0 Å². The van der Waals surface area contributed by atoms with Crippen molar-refractivity contribution in [2.75, 3.05) is 4.90 Å². The van der Waals surface area contributed by atoms with Gasteiger partial charge in [0.25, 0.3) is 5.91 Å². The zero-order valence-corrected chi connectivity index (χ0v) is 14.4. The molecule has 2 unspecified atom stereocenters. The topological polar surface area (TPSA) is 82.8 Å². The second kappa shape index (κ2) is 7.01. The lowest BCUT2D eigenvalue weighted by atomic mass is 10.1. The minimum absolute atomic E-state index is 0.116. The largest absolute Gasteiger partial charge is 0.481 e. The highest BCUT2D eigenvalue weighted by Gasteiger charge is 2.28. The van der Waals surface area contributed by atoms with E-state index in [4.69, 9.17) is 9.52 Å². The Balaban J connectivity index is 1.74. The first-order valence-electron chi connectivity index (χ1n) is 8.39. The molecular formula is C19H22N2O4. The van der Waals surface area contributed by atoms with E-state index in [1.54, 1.807) is 13.0 Å². The number of nitrogens with one attached hydrogen (secondary N) is 1. The van der Waals surface area contributed by atoms with Gasteiger partial charge >= 0.3 is 5.97 Å². The molecule has 25 heavy (non-hydrogen) atoms. The van der Waals surface area contributed by atoms with Gasteiger partial charge in [-0.2, -0.15) is 0 Å². The summed E-state index contributed by atoms with van der Waals surface area (Å²) >= 11 is 0. The lowest BCUT2D eigenvalue weighted by molar-refractivity contribution is -0.137. The highest BCUT2D eigenvalue weighted by Crippen LogP contribution is 2.33. The third-order valence-electron chi connectivity index (χ3n) is 4.51. The van der Waals surface area contributed by atoms with Gasteiger partial charge < -0.3 is 19.7 Å². The number of amides is 1.